The molecule has 2 heterocycles. The van der Waals surface area contributed by atoms with Crippen molar-refractivity contribution in [3.8, 4) is 0 Å². The molecule has 2 amide bonds. The molecule has 1 unspecified atom stereocenters. The summed E-state index contributed by atoms with van der Waals surface area (Å²) < 4.78 is 1.16. The molecule has 2 aromatic rings. The van der Waals surface area contributed by atoms with Gasteiger partial charge in [-0.2, -0.15) is 0 Å². The van der Waals surface area contributed by atoms with Gasteiger partial charge in [0.25, 0.3) is 0 Å². The summed E-state index contributed by atoms with van der Waals surface area (Å²) in [5.41, 5.74) is 0.996. The third-order valence-corrected chi connectivity index (χ3v) is 5.69. The number of β-amino-alcohol motifs (C(OH)–C–C–N with tert-alkyl or cyclic N) is 1. The van der Waals surface area contributed by atoms with E-state index in [1.165, 1.54) is 4.90 Å². The van der Waals surface area contributed by atoms with E-state index in [1.54, 1.807) is 16.2 Å². The van der Waals surface area contributed by atoms with Crippen molar-refractivity contribution in [1.29, 1.82) is 0 Å². The number of thiazole rings is 1. The number of aliphatic hydroxyl groups is 1. The van der Waals surface area contributed by atoms with E-state index in [1.807, 2.05) is 32.0 Å². The number of amides is 2. The monoisotopic (exact) mass is 389 g/mol. The van der Waals surface area contributed by atoms with Crippen molar-refractivity contribution in [2.24, 2.45) is 5.92 Å². The van der Waals surface area contributed by atoms with E-state index in [-0.39, 0.29) is 24.9 Å². The van der Waals surface area contributed by atoms with Gasteiger partial charge < -0.3 is 14.9 Å². The number of carbonyl (C=O) groups excluding carboxylic acids is 2. The molecule has 1 fully saturated rings. The predicted molar refractivity (Wildman–Crippen MR) is 107 cm³/mol. The smallest absolute Gasteiger partial charge is 0.242 e. The van der Waals surface area contributed by atoms with Crippen molar-refractivity contribution >= 4 is 33.4 Å². The van der Waals surface area contributed by atoms with Crippen LogP contribution in [0.4, 0.5) is 0 Å². The molecule has 0 radical (unpaired) electrons. The number of aromatic nitrogens is 1. The van der Waals surface area contributed by atoms with Gasteiger partial charge in [0.2, 0.25) is 11.8 Å². The van der Waals surface area contributed by atoms with Gasteiger partial charge in [0.05, 0.1) is 27.9 Å². The summed E-state index contributed by atoms with van der Waals surface area (Å²) in [4.78, 5) is 32.7. The number of rotatable bonds is 6. The molecule has 0 bridgehead atoms. The molecule has 146 valence electrons. The molecular formula is C20H27N3O3S. The highest BCUT2D eigenvalue weighted by molar-refractivity contribution is 7.18. The minimum Gasteiger partial charge on any atom is -0.389 e. The Morgan fingerprint density at radius 3 is 2.85 bits per heavy atom. The highest BCUT2D eigenvalue weighted by Gasteiger charge is 2.29. The largest absolute Gasteiger partial charge is 0.389 e. The third kappa shape index (κ3) is 5.26. The molecule has 1 aromatic carbocycles. The fraction of sp³-hybridized carbons (Fsp3) is 0.550. The Labute approximate surface area is 163 Å². The maximum atomic E-state index is 12.6. The number of aryl methyl sites for hydroxylation is 1. The van der Waals surface area contributed by atoms with Crippen LogP contribution in [0.15, 0.2) is 24.3 Å². The van der Waals surface area contributed by atoms with Crippen molar-refractivity contribution in [3.05, 3.63) is 29.3 Å². The Hall–Kier alpha value is -1.99. The highest BCUT2D eigenvalue weighted by atomic mass is 32.1. The molecule has 7 heteroatoms. The van der Waals surface area contributed by atoms with Gasteiger partial charge in [0.1, 0.15) is 0 Å². The number of carbonyl (C=O) groups is 2. The van der Waals surface area contributed by atoms with E-state index in [0.717, 1.165) is 21.6 Å². The first kappa shape index (κ1) is 19.8. The Morgan fingerprint density at radius 1 is 1.33 bits per heavy atom. The summed E-state index contributed by atoms with van der Waals surface area (Å²) >= 11 is 1.66. The molecular weight excluding hydrogens is 362 g/mol. The van der Waals surface area contributed by atoms with E-state index in [4.69, 9.17) is 0 Å². The number of para-hydroxylation sites is 1. The van der Waals surface area contributed by atoms with Crippen LogP contribution < -0.4 is 0 Å². The van der Waals surface area contributed by atoms with E-state index >= 15 is 0 Å². The standard InChI is InChI=1S/C20H27N3O3S/c1-14(2)10-22-11-15(24)12-23(13-20(22)26)19(25)9-5-8-18-21-16-6-3-4-7-17(16)27-18/h3-4,6-7,14-15,24H,5,8-13H2,1-2H3. The fourth-order valence-electron chi connectivity index (χ4n) is 3.38. The lowest BCUT2D eigenvalue weighted by Gasteiger charge is -2.23. The predicted octanol–water partition coefficient (Wildman–Crippen LogP) is 2.31. The maximum Gasteiger partial charge on any atom is 0.242 e. The number of benzene rings is 1. The first-order valence-electron chi connectivity index (χ1n) is 9.50. The number of hydrogen-bond acceptors (Lipinski definition) is 5. The Balaban J connectivity index is 1.53. The summed E-state index contributed by atoms with van der Waals surface area (Å²) in [6.07, 6.45) is 1.10. The average molecular weight is 390 g/mol. The van der Waals surface area contributed by atoms with Crippen molar-refractivity contribution in [2.45, 2.75) is 39.2 Å². The molecule has 1 aliphatic rings. The zero-order chi connectivity index (χ0) is 19.4. The van der Waals surface area contributed by atoms with Gasteiger partial charge in [-0.05, 0) is 30.9 Å². The lowest BCUT2D eigenvalue weighted by molar-refractivity contribution is -0.139. The molecule has 1 N–H and O–H groups in total. The highest BCUT2D eigenvalue weighted by Crippen LogP contribution is 2.23. The van der Waals surface area contributed by atoms with Crippen LogP contribution in [-0.2, 0) is 16.0 Å². The van der Waals surface area contributed by atoms with Gasteiger partial charge >= 0.3 is 0 Å². The maximum absolute atomic E-state index is 12.6. The summed E-state index contributed by atoms with van der Waals surface area (Å²) in [6.45, 7) is 5.26. The van der Waals surface area contributed by atoms with Crippen LogP contribution >= 0.6 is 11.3 Å². The quantitative estimate of drug-likeness (QED) is 0.823. The van der Waals surface area contributed by atoms with Gasteiger partial charge in [-0.15, -0.1) is 11.3 Å². The molecule has 0 saturated carbocycles. The number of fused-ring (bicyclic) bond motifs is 1. The Bertz CT molecular complexity index is 772. The second-order valence-corrected chi connectivity index (χ2v) is 8.66. The lowest BCUT2D eigenvalue weighted by Crippen LogP contribution is -2.40. The van der Waals surface area contributed by atoms with E-state index < -0.39 is 6.10 Å². The van der Waals surface area contributed by atoms with Crippen LogP contribution in [0.3, 0.4) is 0 Å². The average Bonchev–Trinajstić information content (AvgIpc) is 2.96. The second kappa shape index (κ2) is 8.80. The van der Waals surface area contributed by atoms with E-state index in [2.05, 4.69) is 11.1 Å². The molecule has 6 nitrogen and oxygen atoms in total. The van der Waals surface area contributed by atoms with Gasteiger partial charge in [0, 0.05) is 26.1 Å². The number of aliphatic hydroxyl groups excluding tert-OH is 1. The SMILES string of the molecule is CC(C)CN1CC(O)CN(C(=O)CCCc2nc3ccccc3s2)CC1=O. The van der Waals surface area contributed by atoms with Crippen molar-refractivity contribution < 1.29 is 14.7 Å². The molecule has 0 spiro atoms. The summed E-state index contributed by atoms with van der Waals surface area (Å²) in [5, 5.41) is 11.2. The van der Waals surface area contributed by atoms with Gasteiger partial charge in [-0.25, -0.2) is 4.98 Å². The van der Waals surface area contributed by atoms with Crippen LogP contribution in [0, 0.1) is 5.92 Å². The molecule has 3 rings (SSSR count). The molecule has 1 saturated heterocycles. The van der Waals surface area contributed by atoms with Crippen LogP contribution in [0.25, 0.3) is 10.2 Å². The Kier molecular flexibility index (Phi) is 6.44. The summed E-state index contributed by atoms with van der Waals surface area (Å²) in [6, 6.07) is 8.01. The molecule has 0 aliphatic carbocycles. The first-order chi connectivity index (χ1) is 12.9. The van der Waals surface area contributed by atoms with Crippen LogP contribution in [-0.4, -0.2) is 64.0 Å². The first-order valence-corrected chi connectivity index (χ1v) is 10.3. The van der Waals surface area contributed by atoms with Gasteiger partial charge in [-0.3, -0.25) is 9.59 Å². The zero-order valence-corrected chi connectivity index (χ0v) is 16.7. The minimum atomic E-state index is -0.691. The summed E-state index contributed by atoms with van der Waals surface area (Å²) in [7, 11) is 0. The topological polar surface area (TPSA) is 73.7 Å². The minimum absolute atomic E-state index is 0.0593. The van der Waals surface area contributed by atoms with Crippen molar-refractivity contribution in [1.82, 2.24) is 14.8 Å². The van der Waals surface area contributed by atoms with Gasteiger partial charge in [0.15, 0.2) is 0 Å². The van der Waals surface area contributed by atoms with Gasteiger partial charge in [-0.1, -0.05) is 26.0 Å². The number of nitrogens with zero attached hydrogens (tertiary/aromatic N) is 3. The molecule has 1 aliphatic heterocycles. The molecule has 1 aromatic heterocycles. The van der Waals surface area contributed by atoms with E-state index in [9.17, 15) is 14.7 Å². The van der Waals surface area contributed by atoms with Crippen molar-refractivity contribution in [3.63, 3.8) is 0 Å². The van der Waals surface area contributed by atoms with Crippen molar-refractivity contribution in [2.75, 3.05) is 26.2 Å². The number of hydrogen-bond donors (Lipinski definition) is 1. The van der Waals surface area contributed by atoms with Crippen LogP contribution in [0.5, 0.6) is 0 Å². The normalized spacial score (nSPS) is 18.4. The fourth-order valence-corrected chi connectivity index (χ4v) is 4.39. The van der Waals surface area contributed by atoms with Crippen LogP contribution in [0.1, 0.15) is 31.7 Å². The third-order valence-electron chi connectivity index (χ3n) is 4.60. The van der Waals surface area contributed by atoms with E-state index in [0.29, 0.717) is 31.8 Å². The Morgan fingerprint density at radius 2 is 2.11 bits per heavy atom. The zero-order valence-electron chi connectivity index (χ0n) is 15.9. The second-order valence-electron chi connectivity index (χ2n) is 7.55. The molecule has 1 atom stereocenters. The van der Waals surface area contributed by atoms with Crippen LogP contribution in [0.2, 0.25) is 0 Å². The summed E-state index contributed by atoms with van der Waals surface area (Å²) in [5.74, 6) is 0.173. The molecule has 27 heavy (non-hydrogen) atoms. The lowest BCUT2D eigenvalue weighted by atomic mass is 10.2.